The third-order valence-corrected chi connectivity index (χ3v) is 4.49. The molecule has 1 saturated heterocycles. The topological polar surface area (TPSA) is 49.4 Å². The molecule has 0 aromatic heterocycles. The molecule has 1 fully saturated rings. The second-order valence-electron chi connectivity index (χ2n) is 5.71. The fourth-order valence-corrected chi connectivity index (χ4v) is 3.16. The molecule has 1 unspecified atom stereocenters. The Morgan fingerprint density at radius 2 is 2.10 bits per heavy atom. The molecule has 3 rings (SSSR count). The van der Waals surface area contributed by atoms with Crippen LogP contribution in [-0.4, -0.2) is 24.8 Å². The van der Waals surface area contributed by atoms with Crippen molar-refractivity contribution >= 4 is 23.1 Å². The third-order valence-electron chi connectivity index (χ3n) is 4.49. The number of carbonyl (C=O) groups excluding carboxylic acids is 2. The van der Waals surface area contributed by atoms with Gasteiger partial charge in [0.15, 0.2) is 0 Å². The molecule has 0 bridgehead atoms. The van der Waals surface area contributed by atoms with Crippen LogP contribution >= 0.6 is 0 Å². The summed E-state index contributed by atoms with van der Waals surface area (Å²) in [6.07, 6.45) is 4.98. The van der Waals surface area contributed by atoms with Crippen LogP contribution < -0.4 is 10.2 Å². The van der Waals surface area contributed by atoms with E-state index in [-0.39, 0.29) is 0 Å². The predicted molar refractivity (Wildman–Crippen MR) is 79.2 cm³/mol. The quantitative estimate of drug-likeness (QED) is 0.842. The normalized spacial score (nSPS) is 22.4. The SMILES string of the molecule is CCC1CCCN(c2ccc3c(c2)NC(=O)C3=O)CC1. The predicted octanol–water partition coefficient (Wildman–Crippen LogP) is 2.84. The monoisotopic (exact) mass is 272 g/mol. The Morgan fingerprint density at radius 3 is 2.90 bits per heavy atom. The number of ketones is 1. The maximum absolute atomic E-state index is 11.6. The summed E-state index contributed by atoms with van der Waals surface area (Å²) in [6.45, 7) is 4.37. The van der Waals surface area contributed by atoms with Crippen molar-refractivity contribution < 1.29 is 9.59 Å². The highest BCUT2D eigenvalue weighted by molar-refractivity contribution is 6.51. The average Bonchev–Trinajstić information content (AvgIpc) is 2.66. The highest BCUT2D eigenvalue weighted by Gasteiger charge is 2.28. The first-order valence-corrected chi connectivity index (χ1v) is 7.43. The number of nitrogens with one attached hydrogen (secondary N) is 1. The largest absolute Gasteiger partial charge is 0.371 e. The summed E-state index contributed by atoms with van der Waals surface area (Å²) >= 11 is 0. The van der Waals surface area contributed by atoms with Crippen LogP contribution in [0.5, 0.6) is 0 Å². The number of fused-ring (bicyclic) bond motifs is 1. The van der Waals surface area contributed by atoms with Crippen molar-refractivity contribution in [1.29, 1.82) is 0 Å². The first-order valence-electron chi connectivity index (χ1n) is 7.43. The van der Waals surface area contributed by atoms with Gasteiger partial charge in [-0.3, -0.25) is 9.59 Å². The number of carbonyl (C=O) groups is 2. The Hall–Kier alpha value is -1.84. The van der Waals surface area contributed by atoms with E-state index in [9.17, 15) is 9.59 Å². The summed E-state index contributed by atoms with van der Waals surface area (Å²) in [5, 5.41) is 2.65. The molecule has 0 radical (unpaired) electrons. The van der Waals surface area contributed by atoms with Crippen LogP contribution in [0.15, 0.2) is 18.2 Å². The average molecular weight is 272 g/mol. The van der Waals surface area contributed by atoms with Crippen molar-refractivity contribution in [2.24, 2.45) is 5.92 Å². The van der Waals surface area contributed by atoms with E-state index in [4.69, 9.17) is 0 Å². The van der Waals surface area contributed by atoms with Crippen molar-refractivity contribution in [2.75, 3.05) is 23.3 Å². The lowest BCUT2D eigenvalue weighted by Crippen LogP contribution is -2.24. The zero-order valence-electron chi connectivity index (χ0n) is 11.8. The molecular formula is C16H20N2O2. The van der Waals surface area contributed by atoms with Crippen LogP contribution in [0.3, 0.4) is 0 Å². The first-order chi connectivity index (χ1) is 9.69. The van der Waals surface area contributed by atoms with Gasteiger partial charge >= 0.3 is 0 Å². The molecule has 4 heteroatoms. The molecule has 106 valence electrons. The van der Waals surface area contributed by atoms with E-state index in [2.05, 4.69) is 17.1 Å². The minimum atomic E-state index is -0.515. The van der Waals surface area contributed by atoms with Gasteiger partial charge in [-0.05, 0) is 43.4 Å². The van der Waals surface area contributed by atoms with Gasteiger partial charge in [0.25, 0.3) is 11.7 Å². The molecule has 1 aromatic carbocycles. The molecule has 2 aliphatic rings. The van der Waals surface area contributed by atoms with Crippen LogP contribution in [0.2, 0.25) is 0 Å². The molecule has 0 aliphatic carbocycles. The summed E-state index contributed by atoms with van der Waals surface area (Å²) in [5.41, 5.74) is 2.27. The molecule has 1 N–H and O–H groups in total. The molecule has 20 heavy (non-hydrogen) atoms. The maximum atomic E-state index is 11.6. The molecule has 0 spiro atoms. The van der Waals surface area contributed by atoms with E-state index >= 15 is 0 Å². The third kappa shape index (κ3) is 2.30. The number of rotatable bonds is 2. The minimum Gasteiger partial charge on any atom is -0.371 e. The van der Waals surface area contributed by atoms with Crippen molar-refractivity contribution in [3.8, 4) is 0 Å². The molecule has 2 heterocycles. The summed E-state index contributed by atoms with van der Waals surface area (Å²) in [5.74, 6) is -0.108. The number of Topliss-reactive ketones (excluding diaryl/α,β-unsaturated/α-hetero) is 1. The zero-order valence-corrected chi connectivity index (χ0v) is 11.8. The molecule has 0 saturated carbocycles. The zero-order chi connectivity index (χ0) is 14.1. The maximum Gasteiger partial charge on any atom is 0.296 e. The van der Waals surface area contributed by atoms with Crippen LogP contribution in [0.25, 0.3) is 0 Å². The second kappa shape index (κ2) is 5.27. The highest BCUT2D eigenvalue weighted by Crippen LogP contribution is 2.30. The Balaban J connectivity index is 1.80. The second-order valence-corrected chi connectivity index (χ2v) is 5.71. The Bertz CT molecular complexity index is 553. The summed E-state index contributed by atoms with van der Waals surface area (Å²) < 4.78 is 0. The van der Waals surface area contributed by atoms with Gasteiger partial charge in [-0.2, -0.15) is 0 Å². The molecule has 4 nitrogen and oxygen atoms in total. The Morgan fingerprint density at radius 1 is 1.25 bits per heavy atom. The van der Waals surface area contributed by atoms with E-state index in [1.807, 2.05) is 12.1 Å². The fraction of sp³-hybridized carbons (Fsp3) is 0.500. The minimum absolute atomic E-state index is 0.423. The number of nitrogens with zero attached hydrogens (tertiary/aromatic N) is 1. The first kappa shape index (κ1) is 13.2. The lowest BCUT2D eigenvalue weighted by Gasteiger charge is -2.23. The van der Waals surface area contributed by atoms with Gasteiger partial charge in [0.1, 0.15) is 0 Å². The van der Waals surface area contributed by atoms with E-state index < -0.39 is 11.7 Å². The number of hydrogen-bond acceptors (Lipinski definition) is 3. The Kier molecular flexibility index (Phi) is 3.47. The van der Waals surface area contributed by atoms with E-state index in [0.717, 1.165) is 24.7 Å². The van der Waals surface area contributed by atoms with Crippen molar-refractivity contribution in [1.82, 2.24) is 0 Å². The van der Waals surface area contributed by atoms with Gasteiger partial charge in [0.2, 0.25) is 0 Å². The summed E-state index contributed by atoms with van der Waals surface area (Å²) in [7, 11) is 0. The number of hydrogen-bond donors (Lipinski definition) is 1. The fourth-order valence-electron chi connectivity index (χ4n) is 3.16. The van der Waals surface area contributed by atoms with Crippen LogP contribution in [0.1, 0.15) is 43.0 Å². The number of benzene rings is 1. The smallest absolute Gasteiger partial charge is 0.296 e. The molecule has 1 amide bonds. The van der Waals surface area contributed by atoms with Crippen molar-refractivity contribution in [2.45, 2.75) is 32.6 Å². The standard InChI is InChI=1S/C16H20N2O2/c1-2-11-4-3-8-18(9-7-11)12-5-6-13-14(10-12)17-16(20)15(13)19/h5-6,10-11H,2-4,7-9H2,1H3,(H,17,19,20). The Labute approximate surface area is 119 Å². The van der Waals surface area contributed by atoms with Gasteiger partial charge in [0.05, 0.1) is 11.3 Å². The molecule has 1 atom stereocenters. The van der Waals surface area contributed by atoms with E-state index in [1.54, 1.807) is 6.07 Å². The number of anilines is 2. The molecule has 1 aromatic rings. The van der Waals surface area contributed by atoms with E-state index in [0.29, 0.717) is 11.3 Å². The van der Waals surface area contributed by atoms with Gasteiger partial charge in [-0.25, -0.2) is 0 Å². The van der Waals surface area contributed by atoms with Crippen LogP contribution in [0.4, 0.5) is 11.4 Å². The molecule has 2 aliphatic heterocycles. The van der Waals surface area contributed by atoms with Crippen molar-refractivity contribution in [3.05, 3.63) is 23.8 Å². The van der Waals surface area contributed by atoms with Gasteiger partial charge in [0, 0.05) is 18.8 Å². The lowest BCUT2D eigenvalue weighted by atomic mass is 9.98. The lowest BCUT2D eigenvalue weighted by molar-refractivity contribution is -0.112. The van der Waals surface area contributed by atoms with Crippen LogP contribution in [0, 0.1) is 5.92 Å². The summed E-state index contributed by atoms with van der Waals surface area (Å²) in [6, 6.07) is 5.67. The van der Waals surface area contributed by atoms with Crippen molar-refractivity contribution in [3.63, 3.8) is 0 Å². The molecular weight excluding hydrogens is 252 g/mol. The van der Waals surface area contributed by atoms with Gasteiger partial charge in [-0.1, -0.05) is 13.3 Å². The highest BCUT2D eigenvalue weighted by atomic mass is 16.2. The summed E-state index contributed by atoms with van der Waals surface area (Å²) in [4.78, 5) is 25.3. The number of amides is 1. The van der Waals surface area contributed by atoms with Gasteiger partial charge < -0.3 is 10.2 Å². The van der Waals surface area contributed by atoms with E-state index in [1.165, 1.54) is 25.7 Å². The van der Waals surface area contributed by atoms with Crippen LogP contribution in [-0.2, 0) is 4.79 Å². The van der Waals surface area contributed by atoms with Gasteiger partial charge in [-0.15, -0.1) is 0 Å².